The van der Waals surface area contributed by atoms with Crippen molar-refractivity contribution < 1.29 is 17.8 Å². The van der Waals surface area contributed by atoms with E-state index in [1.165, 1.54) is 0 Å². The smallest absolute Gasteiger partial charge is 0.266 e. The molecule has 24 heavy (non-hydrogen) atoms. The summed E-state index contributed by atoms with van der Waals surface area (Å²) in [6.07, 6.45) is 2.15. The molecule has 0 saturated carbocycles. The predicted octanol–water partition coefficient (Wildman–Crippen LogP) is 0.480. The third kappa shape index (κ3) is 9.84. The molecule has 6 N–H and O–H groups in total. The predicted molar refractivity (Wildman–Crippen MR) is 96.6 cm³/mol. The number of halogens is 1. The Kier molecular flexibility index (Phi) is 10.8. The second kappa shape index (κ2) is 11.4. The number of hydrogen-bond acceptors (Lipinski definition) is 5. The van der Waals surface area contributed by atoms with Gasteiger partial charge in [0.15, 0.2) is 0 Å². The summed E-state index contributed by atoms with van der Waals surface area (Å²) in [5.74, 6) is -0.961. The van der Waals surface area contributed by atoms with Crippen molar-refractivity contribution >= 4 is 28.4 Å². The molecule has 7 nitrogen and oxygen atoms in total. The number of nitrogens with one attached hydrogen (secondary N) is 1. The molecule has 0 unspecified atom stereocenters. The van der Waals surface area contributed by atoms with Crippen molar-refractivity contribution in [3.8, 4) is 0 Å². The van der Waals surface area contributed by atoms with Gasteiger partial charge >= 0.3 is 0 Å². The standard InChI is InChI=1S/C15H25N3O4S.ClH/c16-9-5-4-8-13(11-23(20,21)22)18-15(19)14(17)10-12-6-2-1-3-7-12;/h1-3,6-7,13-14H,4-5,8-11,16-17H2,(H,18,19)(H,20,21,22);1H/t13-,14-;/m0./s1. The summed E-state index contributed by atoms with van der Waals surface area (Å²) in [5.41, 5.74) is 12.2. The van der Waals surface area contributed by atoms with Gasteiger partial charge in [0.1, 0.15) is 0 Å². The normalized spacial score (nSPS) is 13.6. The Labute approximate surface area is 149 Å². The Bertz CT molecular complexity index is 584. The molecule has 0 saturated heterocycles. The molecule has 0 aliphatic carbocycles. The summed E-state index contributed by atoms with van der Waals surface area (Å²) in [6.45, 7) is 0.486. The van der Waals surface area contributed by atoms with E-state index in [1.54, 1.807) is 0 Å². The van der Waals surface area contributed by atoms with Crippen LogP contribution in [0.1, 0.15) is 24.8 Å². The van der Waals surface area contributed by atoms with Crippen LogP contribution < -0.4 is 16.8 Å². The second-order valence-electron chi connectivity index (χ2n) is 5.53. The number of carbonyl (C=O) groups is 1. The van der Waals surface area contributed by atoms with Crippen LogP contribution in [0.3, 0.4) is 0 Å². The molecule has 0 fully saturated rings. The summed E-state index contributed by atoms with van der Waals surface area (Å²) in [4.78, 5) is 12.1. The van der Waals surface area contributed by atoms with Crippen LogP contribution >= 0.6 is 12.4 Å². The van der Waals surface area contributed by atoms with Crippen LogP contribution in [0.4, 0.5) is 0 Å². The van der Waals surface area contributed by atoms with Gasteiger partial charge in [0.05, 0.1) is 11.8 Å². The maximum atomic E-state index is 12.1. The third-order valence-corrected chi connectivity index (χ3v) is 4.22. The van der Waals surface area contributed by atoms with Crippen molar-refractivity contribution in [3.63, 3.8) is 0 Å². The van der Waals surface area contributed by atoms with E-state index in [2.05, 4.69) is 5.32 Å². The average Bonchev–Trinajstić information content (AvgIpc) is 2.46. The fourth-order valence-corrected chi connectivity index (χ4v) is 3.01. The number of unbranched alkanes of at least 4 members (excludes halogenated alkanes) is 1. The number of rotatable bonds is 10. The van der Waals surface area contributed by atoms with Crippen molar-refractivity contribution in [2.45, 2.75) is 37.8 Å². The van der Waals surface area contributed by atoms with Gasteiger partial charge in [-0.05, 0) is 31.4 Å². The fourth-order valence-electron chi connectivity index (χ4n) is 2.26. The van der Waals surface area contributed by atoms with Crippen molar-refractivity contribution in [3.05, 3.63) is 35.9 Å². The van der Waals surface area contributed by atoms with Crippen LogP contribution in [0.2, 0.25) is 0 Å². The third-order valence-electron chi connectivity index (χ3n) is 3.40. The topological polar surface area (TPSA) is 136 Å². The van der Waals surface area contributed by atoms with E-state index in [0.29, 0.717) is 32.2 Å². The van der Waals surface area contributed by atoms with E-state index >= 15 is 0 Å². The van der Waals surface area contributed by atoms with E-state index < -0.39 is 33.9 Å². The molecule has 0 aliphatic rings. The highest BCUT2D eigenvalue weighted by atomic mass is 35.5. The lowest BCUT2D eigenvalue weighted by atomic mass is 10.1. The van der Waals surface area contributed by atoms with Crippen LogP contribution in [0.25, 0.3) is 0 Å². The Morgan fingerprint density at radius 2 is 1.83 bits per heavy atom. The highest BCUT2D eigenvalue weighted by Crippen LogP contribution is 2.06. The van der Waals surface area contributed by atoms with Gasteiger partial charge in [-0.15, -0.1) is 12.4 Å². The van der Waals surface area contributed by atoms with Gasteiger partial charge in [-0.1, -0.05) is 36.8 Å². The molecule has 1 rings (SSSR count). The van der Waals surface area contributed by atoms with Crippen LogP contribution in [-0.2, 0) is 21.3 Å². The highest BCUT2D eigenvalue weighted by molar-refractivity contribution is 7.85. The minimum Gasteiger partial charge on any atom is -0.351 e. The van der Waals surface area contributed by atoms with Crippen molar-refractivity contribution in [2.75, 3.05) is 12.3 Å². The Hall–Kier alpha value is -1.19. The summed E-state index contributed by atoms with van der Waals surface area (Å²) in [5, 5.41) is 2.61. The summed E-state index contributed by atoms with van der Waals surface area (Å²) >= 11 is 0. The lowest BCUT2D eigenvalue weighted by molar-refractivity contribution is -0.122. The Morgan fingerprint density at radius 1 is 1.21 bits per heavy atom. The number of nitrogens with two attached hydrogens (primary N) is 2. The molecule has 0 radical (unpaired) electrons. The Balaban J connectivity index is 0.00000529. The summed E-state index contributed by atoms with van der Waals surface area (Å²) in [7, 11) is -4.18. The quantitative estimate of drug-likeness (QED) is 0.345. The van der Waals surface area contributed by atoms with Gasteiger partial charge in [-0.2, -0.15) is 8.42 Å². The molecule has 1 amide bonds. The lowest BCUT2D eigenvalue weighted by Gasteiger charge is -2.20. The monoisotopic (exact) mass is 379 g/mol. The average molecular weight is 380 g/mol. The van der Waals surface area contributed by atoms with E-state index in [9.17, 15) is 13.2 Å². The van der Waals surface area contributed by atoms with Crippen LogP contribution in [0.15, 0.2) is 30.3 Å². The van der Waals surface area contributed by atoms with Gasteiger partial charge in [-0.25, -0.2) is 0 Å². The first kappa shape index (κ1) is 22.8. The molecule has 0 bridgehead atoms. The molecule has 9 heteroatoms. The van der Waals surface area contributed by atoms with Crippen LogP contribution in [0.5, 0.6) is 0 Å². The first-order valence-electron chi connectivity index (χ1n) is 7.57. The molecular weight excluding hydrogens is 354 g/mol. The zero-order chi connectivity index (χ0) is 17.3. The van der Waals surface area contributed by atoms with E-state index in [0.717, 1.165) is 5.56 Å². The van der Waals surface area contributed by atoms with E-state index in [1.807, 2.05) is 30.3 Å². The molecule has 0 aliphatic heterocycles. The molecular formula is C15H26ClN3O4S. The number of carbonyl (C=O) groups excluding carboxylic acids is 1. The summed E-state index contributed by atoms with van der Waals surface area (Å²) in [6, 6.07) is 7.85. The molecule has 138 valence electrons. The molecule has 1 aromatic rings. The first-order valence-corrected chi connectivity index (χ1v) is 9.18. The van der Waals surface area contributed by atoms with Crippen LogP contribution in [0, 0.1) is 0 Å². The number of hydrogen-bond donors (Lipinski definition) is 4. The minimum absolute atomic E-state index is 0. The molecule has 0 heterocycles. The van der Waals surface area contributed by atoms with Crippen molar-refractivity contribution in [1.82, 2.24) is 5.32 Å². The second-order valence-corrected chi connectivity index (χ2v) is 7.03. The number of amides is 1. The van der Waals surface area contributed by atoms with Crippen molar-refractivity contribution in [1.29, 1.82) is 0 Å². The Morgan fingerprint density at radius 3 is 2.38 bits per heavy atom. The zero-order valence-electron chi connectivity index (χ0n) is 13.4. The van der Waals surface area contributed by atoms with Crippen LogP contribution in [-0.4, -0.2) is 43.3 Å². The summed E-state index contributed by atoms with van der Waals surface area (Å²) < 4.78 is 31.1. The van der Waals surface area contributed by atoms with E-state index in [-0.39, 0.29) is 12.4 Å². The lowest BCUT2D eigenvalue weighted by Crippen LogP contribution is -2.48. The van der Waals surface area contributed by atoms with Gasteiger partial charge in [0.25, 0.3) is 10.1 Å². The molecule has 0 spiro atoms. The SMILES string of the molecule is Cl.NCCCC[C@@H](CS(=O)(=O)O)NC(=O)[C@@H](N)Cc1ccccc1. The molecule has 0 aromatic heterocycles. The zero-order valence-corrected chi connectivity index (χ0v) is 15.1. The van der Waals surface area contributed by atoms with Crippen molar-refractivity contribution in [2.24, 2.45) is 11.5 Å². The van der Waals surface area contributed by atoms with Gasteiger partial charge in [-0.3, -0.25) is 9.35 Å². The van der Waals surface area contributed by atoms with E-state index in [4.69, 9.17) is 16.0 Å². The maximum absolute atomic E-state index is 12.1. The van der Waals surface area contributed by atoms with Gasteiger partial charge < -0.3 is 16.8 Å². The molecule has 1 aromatic carbocycles. The van der Waals surface area contributed by atoms with Gasteiger partial charge in [0.2, 0.25) is 5.91 Å². The largest absolute Gasteiger partial charge is 0.351 e. The highest BCUT2D eigenvalue weighted by Gasteiger charge is 2.22. The fraction of sp³-hybridized carbons (Fsp3) is 0.533. The maximum Gasteiger partial charge on any atom is 0.266 e. The molecule has 2 atom stereocenters. The van der Waals surface area contributed by atoms with Gasteiger partial charge in [0, 0.05) is 6.04 Å². The minimum atomic E-state index is -4.18. The number of benzene rings is 1. The first-order chi connectivity index (χ1) is 10.8.